The minimum absolute atomic E-state index is 0.293. The molecule has 0 fully saturated rings. The zero-order valence-corrected chi connectivity index (χ0v) is 11.5. The number of esters is 1. The van der Waals surface area contributed by atoms with Gasteiger partial charge in [0.25, 0.3) is 0 Å². The fourth-order valence-electron chi connectivity index (χ4n) is 1.73. The SMILES string of the molecule is CC(CCOC(=O)c1ccccc1)=Nc1ccccc1. The molecule has 2 rings (SSSR count). The molecule has 0 saturated heterocycles. The summed E-state index contributed by atoms with van der Waals surface area (Å²) in [5.41, 5.74) is 2.43. The lowest BCUT2D eigenvalue weighted by molar-refractivity contribution is 0.0516. The van der Waals surface area contributed by atoms with Crippen molar-refractivity contribution >= 4 is 17.4 Å². The second-order valence-corrected chi connectivity index (χ2v) is 4.43. The van der Waals surface area contributed by atoms with Crippen LogP contribution in [-0.2, 0) is 4.74 Å². The van der Waals surface area contributed by atoms with E-state index in [9.17, 15) is 4.79 Å². The molecule has 0 radical (unpaired) electrons. The summed E-state index contributed by atoms with van der Waals surface area (Å²) in [6, 6.07) is 18.7. The zero-order chi connectivity index (χ0) is 14.2. The highest BCUT2D eigenvalue weighted by Crippen LogP contribution is 2.11. The number of carbonyl (C=O) groups excluding carboxylic acids is 1. The molecule has 3 heteroatoms. The minimum atomic E-state index is -0.293. The highest BCUT2D eigenvalue weighted by molar-refractivity contribution is 5.90. The molecule has 2 aromatic rings. The molecule has 0 aliphatic carbocycles. The Balaban J connectivity index is 1.81. The first-order valence-corrected chi connectivity index (χ1v) is 6.57. The number of aliphatic imine (C=N–C) groups is 1. The molecule has 3 nitrogen and oxygen atoms in total. The van der Waals surface area contributed by atoms with Gasteiger partial charge in [0.1, 0.15) is 0 Å². The third kappa shape index (κ3) is 4.35. The van der Waals surface area contributed by atoms with Crippen LogP contribution in [0.4, 0.5) is 5.69 Å². The quantitative estimate of drug-likeness (QED) is 0.606. The molecule has 0 saturated carbocycles. The predicted octanol–water partition coefficient (Wildman–Crippen LogP) is 4.03. The number of carbonyl (C=O) groups is 1. The maximum absolute atomic E-state index is 11.7. The fraction of sp³-hybridized carbons (Fsp3) is 0.176. The van der Waals surface area contributed by atoms with Crippen molar-refractivity contribution in [2.45, 2.75) is 13.3 Å². The van der Waals surface area contributed by atoms with Gasteiger partial charge in [0.15, 0.2) is 0 Å². The highest BCUT2D eigenvalue weighted by atomic mass is 16.5. The fourth-order valence-corrected chi connectivity index (χ4v) is 1.73. The van der Waals surface area contributed by atoms with Crippen molar-refractivity contribution in [2.24, 2.45) is 4.99 Å². The topological polar surface area (TPSA) is 38.7 Å². The van der Waals surface area contributed by atoms with Gasteiger partial charge < -0.3 is 4.74 Å². The van der Waals surface area contributed by atoms with Gasteiger partial charge in [0, 0.05) is 12.1 Å². The first kappa shape index (κ1) is 14.0. The molecular weight excluding hydrogens is 250 g/mol. The molecule has 2 aromatic carbocycles. The molecule has 0 spiro atoms. The summed E-state index contributed by atoms with van der Waals surface area (Å²) in [4.78, 5) is 16.2. The first-order chi connectivity index (χ1) is 9.75. The average Bonchev–Trinajstić information content (AvgIpc) is 2.49. The first-order valence-electron chi connectivity index (χ1n) is 6.57. The monoisotopic (exact) mass is 267 g/mol. The summed E-state index contributed by atoms with van der Waals surface area (Å²) in [6.07, 6.45) is 0.632. The number of benzene rings is 2. The Labute approximate surface area is 118 Å². The number of para-hydroxylation sites is 1. The Hall–Kier alpha value is -2.42. The molecule has 0 heterocycles. The summed E-state index contributed by atoms with van der Waals surface area (Å²) >= 11 is 0. The molecule has 0 aromatic heterocycles. The Morgan fingerprint density at radius 2 is 1.60 bits per heavy atom. The standard InChI is InChI=1S/C17H17NO2/c1-14(18-16-10-6-3-7-11-16)12-13-20-17(19)15-8-4-2-5-9-15/h2-11H,12-13H2,1H3. The number of hydrogen-bond acceptors (Lipinski definition) is 3. The van der Waals surface area contributed by atoms with Crippen LogP contribution in [0.2, 0.25) is 0 Å². The molecule has 0 aliphatic heterocycles. The van der Waals surface area contributed by atoms with Crippen molar-refractivity contribution in [3.05, 3.63) is 66.2 Å². The zero-order valence-electron chi connectivity index (χ0n) is 11.5. The lowest BCUT2D eigenvalue weighted by atomic mass is 10.2. The van der Waals surface area contributed by atoms with Gasteiger partial charge in [0.05, 0.1) is 17.9 Å². The largest absolute Gasteiger partial charge is 0.462 e. The highest BCUT2D eigenvalue weighted by Gasteiger charge is 2.05. The predicted molar refractivity (Wildman–Crippen MR) is 80.6 cm³/mol. The van der Waals surface area contributed by atoms with Crippen LogP contribution in [0.3, 0.4) is 0 Å². The summed E-state index contributed by atoms with van der Waals surface area (Å²) in [6.45, 7) is 2.28. The average molecular weight is 267 g/mol. The van der Waals surface area contributed by atoms with Crippen molar-refractivity contribution in [3.8, 4) is 0 Å². The van der Waals surface area contributed by atoms with Crippen molar-refractivity contribution in [1.29, 1.82) is 0 Å². The van der Waals surface area contributed by atoms with Gasteiger partial charge in [-0.15, -0.1) is 0 Å². The molecule has 20 heavy (non-hydrogen) atoms. The summed E-state index contributed by atoms with van der Waals surface area (Å²) in [7, 11) is 0. The second kappa shape index (κ2) is 7.24. The van der Waals surface area contributed by atoms with E-state index in [4.69, 9.17) is 4.74 Å². The van der Waals surface area contributed by atoms with E-state index in [1.807, 2.05) is 55.5 Å². The van der Waals surface area contributed by atoms with E-state index in [2.05, 4.69) is 4.99 Å². The summed E-state index contributed by atoms with van der Waals surface area (Å²) in [5.74, 6) is -0.293. The lowest BCUT2D eigenvalue weighted by Crippen LogP contribution is -2.08. The van der Waals surface area contributed by atoms with Gasteiger partial charge in [-0.3, -0.25) is 4.99 Å². The molecule has 0 unspecified atom stereocenters. The van der Waals surface area contributed by atoms with Crippen LogP contribution in [0.1, 0.15) is 23.7 Å². The molecule has 0 amide bonds. The Morgan fingerprint density at radius 3 is 2.25 bits per heavy atom. The summed E-state index contributed by atoms with van der Waals surface area (Å²) in [5, 5.41) is 0. The second-order valence-electron chi connectivity index (χ2n) is 4.43. The maximum atomic E-state index is 11.7. The van der Waals surface area contributed by atoms with Crippen LogP contribution < -0.4 is 0 Å². The number of hydrogen-bond donors (Lipinski definition) is 0. The minimum Gasteiger partial charge on any atom is -0.462 e. The number of ether oxygens (including phenoxy) is 1. The molecular formula is C17H17NO2. The molecule has 0 atom stereocenters. The Morgan fingerprint density at radius 1 is 1.00 bits per heavy atom. The summed E-state index contributed by atoms with van der Waals surface area (Å²) < 4.78 is 5.22. The number of rotatable bonds is 5. The van der Waals surface area contributed by atoms with Gasteiger partial charge in [0.2, 0.25) is 0 Å². The van der Waals surface area contributed by atoms with E-state index >= 15 is 0 Å². The third-order valence-electron chi connectivity index (χ3n) is 2.78. The van der Waals surface area contributed by atoms with E-state index in [0.29, 0.717) is 18.6 Å². The molecule has 102 valence electrons. The van der Waals surface area contributed by atoms with Crippen molar-refractivity contribution in [2.75, 3.05) is 6.61 Å². The molecule has 0 N–H and O–H groups in total. The van der Waals surface area contributed by atoms with Crippen molar-refractivity contribution < 1.29 is 9.53 Å². The van der Waals surface area contributed by atoms with Crippen LogP contribution >= 0.6 is 0 Å². The van der Waals surface area contributed by atoms with E-state index < -0.39 is 0 Å². The van der Waals surface area contributed by atoms with Gasteiger partial charge >= 0.3 is 5.97 Å². The van der Waals surface area contributed by atoms with Crippen LogP contribution in [0, 0.1) is 0 Å². The van der Waals surface area contributed by atoms with Gasteiger partial charge in [-0.25, -0.2) is 4.79 Å². The van der Waals surface area contributed by atoms with Crippen LogP contribution in [0.15, 0.2) is 65.7 Å². The maximum Gasteiger partial charge on any atom is 0.338 e. The normalized spacial score (nSPS) is 11.2. The lowest BCUT2D eigenvalue weighted by Gasteiger charge is -2.04. The Bertz CT molecular complexity index is 576. The Kier molecular flexibility index (Phi) is 5.07. The van der Waals surface area contributed by atoms with Crippen LogP contribution in [-0.4, -0.2) is 18.3 Å². The van der Waals surface area contributed by atoms with Crippen molar-refractivity contribution in [3.63, 3.8) is 0 Å². The smallest absolute Gasteiger partial charge is 0.338 e. The van der Waals surface area contributed by atoms with Crippen molar-refractivity contribution in [1.82, 2.24) is 0 Å². The van der Waals surface area contributed by atoms with Crippen LogP contribution in [0.5, 0.6) is 0 Å². The molecule has 0 bridgehead atoms. The van der Waals surface area contributed by atoms with E-state index in [1.54, 1.807) is 12.1 Å². The van der Waals surface area contributed by atoms with E-state index in [1.165, 1.54) is 0 Å². The van der Waals surface area contributed by atoms with E-state index in [-0.39, 0.29) is 5.97 Å². The van der Waals surface area contributed by atoms with Gasteiger partial charge in [-0.05, 0) is 31.2 Å². The van der Waals surface area contributed by atoms with Crippen LogP contribution in [0.25, 0.3) is 0 Å². The molecule has 0 aliphatic rings. The van der Waals surface area contributed by atoms with Gasteiger partial charge in [-0.1, -0.05) is 36.4 Å². The van der Waals surface area contributed by atoms with Gasteiger partial charge in [-0.2, -0.15) is 0 Å². The third-order valence-corrected chi connectivity index (χ3v) is 2.78. The number of nitrogens with zero attached hydrogens (tertiary/aromatic N) is 1. The van der Waals surface area contributed by atoms with E-state index in [0.717, 1.165) is 11.4 Å².